The van der Waals surface area contributed by atoms with Crippen molar-refractivity contribution in [2.24, 2.45) is 5.73 Å². The molecule has 0 aliphatic heterocycles. The predicted molar refractivity (Wildman–Crippen MR) is 81.1 cm³/mol. The number of amides is 1. The first-order valence-electron chi connectivity index (χ1n) is 6.74. The van der Waals surface area contributed by atoms with Crippen LogP contribution in [0.4, 0.5) is 0 Å². The molecular formula is C16H19N3O2. The van der Waals surface area contributed by atoms with E-state index in [9.17, 15) is 9.59 Å². The lowest BCUT2D eigenvalue weighted by Crippen LogP contribution is -2.19. The SMILES string of the molecule is CC(=O)c1c(C)cc(C)c(-c2nccn2CC(N)=O)c1C. The molecule has 5 nitrogen and oxygen atoms in total. The van der Waals surface area contributed by atoms with Crippen molar-refractivity contribution in [3.05, 3.63) is 40.7 Å². The molecule has 5 heteroatoms. The van der Waals surface area contributed by atoms with Crippen LogP contribution in [0.5, 0.6) is 0 Å². The summed E-state index contributed by atoms with van der Waals surface area (Å²) in [7, 11) is 0. The summed E-state index contributed by atoms with van der Waals surface area (Å²) in [6.45, 7) is 7.44. The van der Waals surface area contributed by atoms with Gasteiger partial charge in [-0.15, -0.1) is 0 Å². The molecule has 0 atom stereocenters. The van der Waals surface area contributed by atoms with E-state index in [1.165, 1.54) is 0 Å². The van der Waals surface area contributed by atoms with Gasteiger partial charge in [-0.05, 0) is 44.4 Å². The summed E-state index contributed by atoms with van der Waals surface area (Å²) in [5.41, 5.74) is 9.73. The maximum Gasteiger partial charge on any atom is 0.237 e. The molecule has 1 amide bonds. The number of carbonyl (C=O) groups is 2. The molecule has 1 aromatic heterocycles. The molecule has 21 heavy (non-hydrogen) atoms. The van der Waals surface area contributed by atoms with Crippen LogP contribution in [0.1, 0.15) is 34.0 Å². The van der Waals surface area contributed by atoms with Gasteiger partial charge in [0.2, 0.25) is 5.91 Å². The molecule has 2 N–H and O–H groups in total. The molecule has 0 aliphatic carbocycles. The number of primary amides is 1. The van der Waals surface area contributed by atoms with Gasteiger partial charge in [0.15, 0.2) is 5.78 Å². The summed E-state index contributed by atoms with van der Waals surface area (Å²) in [5, 5.41) is 0. The zero-order valence-electron chi connectivity index (χ0n) is 12.7. The average Bonchev–Trinajstić information content (AvgIpc) is 2.75. The third kappa shape index (κ3) is 2.72. The highest BCUT2D eigenvalue weighted by molar-refractivity contribution is 5.99. The fraction of sp³-hybridized carbons (Fsp3) is 0.312. The number of carbonyl (C=O) groups excluding carboxylic acids is 2. The number of ketones is 1. The van der Waals surface area contributed by atoms with Gasteiger partial charge in [-0.3, -0.25) is 9.59 Å². The summed E-state index contributed by atoms with van der Waals surface area (Å²) in [5.74, 6) is 0.258. The Bertz CT molecular complexity index is 729. The zero-order valence-corrected chi connectivity index (χ0v) is 12.7. The van der Waals surface area contributed by atoms with Crippen LogP contribution in [0.3, 0.4) is 0 Å². The molecule has 0 spiro atoms. The molecular weight excluding hydrogens is 266 g/mol. The van der Waals surface area contributed by atoms with Crippen molar-refractivity contribution in [2.45, 2.75) is 34.2 Å². The number of hydrogen-bond donors (Lipinski definition) is 1. The zero-order chi connectivity index (χ0) is 15.7. The van der Waals surface area contributed by atoms with Crippen molar-refractivity contribution in [3.63, 3.8) is 0 Å². The molecule has 1 aromatic carbocycles. The summed E-state index contributed by atoms with van der Waals surface area (Å²) in [6, 6.07) is 1.97. The third-order valence-electron chi connectivity index (χ3n) is 3.59. The minimum atomic E-state index is -0.427. The standard InChI is InChI=1S/C16H19N3O2/c1-9-7-10(2)15(11(3)14(9)12(4)20)16-18-5-6-19(16)8-13(17)21/h5-7H,8H2,1-4H3,(H2,17,21). The Morgan fingerprint density at radius 1 is 1.24 bits per heavy atom. The molecule has 2 rings (SSSR count). The van der Waals surface area contributed by atoms with Crippen molar-refractivity contribution in [1.29, 1.82) is 0 Å². The first-order valence-corrected chi connectivity index (χ1v) is 6.74. The van der Waals surface area contributed by atoms with Gasteiger partial charge in [0.05, 0.1) is 0 Å². The van der Waals surface area contributed by atoms with E-state index in [1.807, 2.05) is 26.8 Å². The van der Waals surface area contributed by atoms with E-state index in [0.29, 0.717) is 11.4 Å². The Morgan fingerprint density at radius 3 is 2.48 bits per heavy atom. The predicted octanol–water partition coefficient (Wildman–Crippen LogP) is 2.16. The second-order valence-corrected chi connectivity index (χ2v) is 5.29. The molecule has 0 saturated carbocycles. The van der Waals surface area contributed by atoms with Gasteiger partial charge >= 0.3 is 0 Å². The Kier molecular flexibility index (Phi) is 3.93. The summed E-state index contributed by atoms with van der Waals surface area (Å²) in [6.07, 6.45) is 3.34. The van der Waals surface area contributed by atoms with Crippen LogP contribution in [0.15, 0.2) is 18.5 Å². The lowest BCUT2D eigenvalue weighted by molar-refractivity contribution is -0.118. The maximum atomic E-state index is 11.9. The lowest BCUT2D eigenvalue weighted by atomic mass is 9.91. The molecule has 0 fully saturated rings. The van der Waals surface area contributed by atoms with Crippen LogP contribution in [0.25, 0.3) is 11.4 Å². The second-order valence-electron chi connectivity index (χ2n) is 5.29. The third-order valence-corrected chi connectivity index (χ3v) is 3.59. The Morgan fingerprint density at radius 2 is 1.90 bits per heavy atom. The summed E-state index contributed by atoms with van der Waals surface area (Å²) >= 11 is 0. The Hall–Kier alpha value is -2.43. The molecule has 1 heterocycles. The number of rotatable bonds is 4. The first kappa shape index (κ1) is 15.0. The summed E-state index contributed by atoms with van der Waals surface area (Å²) < 4.78 is 1.71. The number of imidazole rings is 1. The van der Waals surface area contributed by atoms with Gasteiger partial charge in [-0.25, -0.2) is 4.98 Å². The largest absolute Gasteiger partial charge is 0.368 e. The fourth-order valence-electron chi connectivity index (χ4n) is 2.90. The molecule has 0 radical (unpaired) electrons. The molecule has 0 bridgehead atoms. The van der Waals surface area contributed by atoms with Gasteiger partial charge in [0.25, 0.3) is 0 Å². The van der Waals surface area contributed by atoms with Crippen LogP contribution in [-0.2, 0) is 11.3 Å². The topological polar surface area (TPSA) is 78.0 Å². The lowest BCUT2D eigenvalue weighted by Gasteiger charge is -2.16. The number of aryl methyl sites for hydroxylation is 2. The maximum absolute atomic E-state index is 11.9. The number of Topliss-reactive ketones (excluding diaryl/α,β-unsaturated/α-hetero) is 1. The van der Waals surface area contributed by atoms with E-state index in [-0.39, 0.29) is 12.3 Å². The molecule has 0 aliphatic rings. The highest BCUT2D eigenvalue weighted by Gasteiger charge is 2.18. The smallest absolute Gasteiger partial charge is 0.237 e. The number of aromatic nitrogens is 2. The normalized spacial score (nSPS) is 10.7. The molecule has 2 aromatic rings. The minimum Gasteiger partial charge on any atom is -0.368 e. The quantitative estimate of drug-likeness (QED) is 0.874. The number of hydrogen-bond acceptors (Lipinski definition) is 3. The number of nitrogens with zero attached hydrogens (tertiary/aromatic N) is 2. The van der Waals surface area contributed by atoms with E-state index in [2.05, 4.69) is 4.98 Å². The molecule has 0 unspecified atom stereocenters. The fourth-order valence-corrected chi connectivity index (χ4v) is 2.90. The van der Waals surface area contributed by atoms with Crippen LogP contribution in [0, 0.1) is 20.8 Å². The van der Waals surface area contributed by atoms with Gasteiger partial charge in [-0.2, -0.15) is 0 Å². The van der Waals surface area contributed by atoms with E-state index in [0.717, 1.165) is 22.3 Å². The van der Waals surface area contributed by atoms with E-state index >= 15 is 0 Å². The van der Waals surface area contributed by atoms with Crippen LogP contribution >= 0.6 is 0 Å². The van der Waals surface area contributed by atoms with Gasteiger partial charge in [0, 0.05) is 23.5 Å². The van der Waals surface area contributed by atoms with Crippen LogP contribution in [0.2, 0.25) is 0 Å². The monoisotopic (exact) mass is 285 g/mol. The van der Waals surface area contributed by atoms with Crippen LogP contribution < -0.4 is 5.73 Å². The number of nitrogens with two attached hydrogens (primary N) is 1. The Balaban J connectivity index is 2.70. The van der Waals surface area contributed by atoms with Crippen molar-refractivity contribution < 1.29 is 9.59 Å². The highest BCUT2D eigenvalue weighted by atomic mass is 16.1. The second kappa shape index (κ2) is 5.52. The first-order chi connectivity index (χ1) is 9.82. The van der Waals surface area contributed by atoms with Crippen molar-refractivity contribution in [3.8, 4) is 11.4 Å². The molecule has 0 saturated heterocycles. The highest BCUT2D eigenvalue weighted by Crippen LogP contribution is 2.30. The summed E-state index contributed by atoms with van der Waals surface area (Å²) in [4.78, 5) is 27.4. The van der Waals surface area contributed by atoms with E-state index < -0.39 is 5.91 Å². The Labute approximate surface area is 123 Å². The minimum absolute atomic E-state index is 0.0271. The molecule has 110 valence electrons. The number of benzene rings is 1. The van der Waals surface area contributed by atoms with E-state index in [1.54, 1.807) is 23.9 Å². The van der Waals surface area contributed by atoms with E-state index in [4.69, 9.17) is 5.73 Å². The van der Waals surface area contributed by atoms with Crippen molar-refractivity contribution >= 4 is 11.7 Å². The van der Waals surface area contributed by atoms with Gasteiger partial charge in [-0.1, -0.05) is 6.07 Å². The van der Waals surface area contributed by atoms with Crippen molar-refractivity contribution in [1.82, 2.24) is 9.55 Å². The average molecular weight is 285 g/mol. The van der Waals surface area contributed by atoms with Crippen LogP contribution in [-0.4, -0.2) is 21.2 Å². The van der Waals surface area contributed by atoms with Gasteiger partial charge < -0.3 is 10.3 Å². The van der Waals surface area contributed by atoms with Crippen molar-refractivity contribution in [2.75, 3.05) is 0 Å². The van der Waals surface area contributed by atoms with Gasteiger partial charge in [0.1, 0.15) is 12.4 Å².